The summed E-state index contributed by atoms with van der Waals surface area (Å²) in [6.07, 6.45) is 5.36. The maximum absolute atomic E-state index is 10.8. The van der Waals surface area contributed by atoms with Crippen molar-refractivity contribution < 1.29 is 4.92 Å². The summed E-state index contributed by atoms with van der Waals surface area (Å²) in [7, 11) is 0. The molecule has 0 fully saturated rings. The molecule has 0 aliphatic carbocycles. The topological polar surface area (TPSA) is 110 Å². The highest BCUT2D eigenvalue weighted by Gasteiger charge is 2.15. The second-order valence-electron chi connectivity index (χ2n) is 4.99. The minimum absolute atomic E-state index is 0.221. The summed E-state index contributed by atoms with van der Waals surface area (Å²) in [6, 6.07) is 12.1. The average Bonchev–Trinajstić information content (AvgIpc) is 3.09. The number of aromatic nitrogens is 3. The van der Waals surface area contributed by atoms with Crippen molar-refractivity contribution in [2.75, 3.05) is 5.32 Å². The summed E-state index contributed by atoms with van der Waals surface area (Å²) in [5.74, 6) is 0.375. The lowest BCUT2D eigenvalue weighted by molar-refractivity contribution is -0.385. The van der Waals surface area contributed by atoms with E-state index in [2.05, 4.69) is 15.3 Å². The Hall–Kier alpha value is -3.73. The van der Waals surface area contributed by atoms with Gasteiger partial charge in [0.1, 0.15) is 11.9 Å². The maximum Gasteiger partial charge on any atom is 0.305 e. The van der Waals surface area contributed by atoms with Crippen molar-refractivity contribution in [2.24, 2.45) is 0 Å². The molecule has 0 radical (unpaired) electrons. The van der Waals surface area contributed by atoms with Crippen LogP contribution in [0.4, 0.5) is 17.2 Å². The smallest absolute Gasteiger partial charge is 0.305 e. The number of nitro groups is 1. The molecule has 2 heterocycles. The summed E-state index contributed by atoms with van der Waals surface area (Å²) >= 11 is 0. The van der Waals surface area contributed by atoms with Crippen molar-refractivity contribution in [1.29, 1.82) is 5.26 Å². The fraction of sp³-hybridized carbons (Fsp3) is 0.0625. The first-order valence-electron chi connectivity index (χ1n) is 7.03. The highest BCUT2D eigenvalue weighted by atomic mass is 16.6. The third kappa shape index (κ3) is 3.36. The molecule has 3 aromatic rings. The molecule has 2 aromatic heterocycles. The molecule has 1 N–H and O–H groups in total. The van der Waals surface area contributed by atoms with E-state index < -0.39 is 4.92 Å². The van der Waals surface area contributed by atoms with Gasteiger partial charge in [-0.3, -0.25) is 10.1 Å². The Kier molecular flexibility index (Phi) is 4.16. The Morgan fingerprint density at radius 2 is 2.04 bits per heavy atom. The molecule has 24 heavy (non-hydrogen) atoms. The van der Waals surface area contributed by atoms with E-state index in [1.807, 2.05) is 35.0 Å². The summed E-state index contributed by atoms with van der Waals surface area (Å²) in [5.41, 5.74) is 1.35. The first-order chi connectivity index (χ1) is 11.7. The summed E-state index contributed by atoms with van der Waals surface area (Å²) in [5, 5.41) is 22.8. The number of benzene rings is 1. The number of hydrogen-bond donors (Lipinski definition) is 1. The molecule has 0 spiro atoms. The van der Waals surface area contributed by atoms with Gasteiger partial charge in [-0.15, -0.1) is 0 Å². The van der Waals surface area contributed by atoms with Gasteiger partial charge < -0.3 is 9.88 Å². The van der Waals surface area contributed by atoms with Gasteiger partial charge in [0.15, 0.2) is 0 Å². The molecule has 8 nitrogen and oxygen atoms in total. The van der Waals surface area contributed by atoms with E-state index >= 15 is 0 Å². The van der Waals surface area contributed by atoms with Crippen LogP contribution in [0.25, 0.3) is 0 Å². The number of nitrogens with one attached hydrogen (secondary N) is 1. The van der Waals surface area contributed by atoms with Crippen LogP contribution < -0.4 is 5.32 Å². The zero-order valence-electron chi connectivity index (χ0n) is 12.5. The third-order valence-corrected chi connectivity index (χ3v) is 3.33. The van der Waals surface area contributed by atoms with Crippen LogP contribution in [0.15, 0.2) is 55.1 Å². The van der Waals surface area contributed by atoms with Crippen LogP contribution in [0.3, 0.4) is 0 Å². The lowest BCUT2D eigenvalue weighted by Crippen LogP contribution is -2.00. The van der Waals surface area contributed by atoms with E-state index in [0.717, 1.165) is 11.3 Å². The van der Waals surface area contributed by atoms with Crippen molar-refractivity contribution in [3.63, 3.8) is 0 Å². The quantitative estimate of drug-likeness (QED) is 0.572. The number of nitriles is 1. The van der Waals surface area contributed by atoms with E-state index in [1.165, 1.54) is 12.1 Å². The largest absolute Gasteiger partial charge is 0.340 e. The van der Waals surface area contributed by atoms with Crippen LogP contribution in [-0.2, 0) is 6.54 Å². The first-order valence-corrected chi connectivity index (χ1v) is 7.03. The fourth-order valence-corrected chi connectivity index (χ4v) is 2.18. The molecule has 0 aliphatic rings. The fourth-order valence-electron chi connectivity index (χ4n) is 2.18. The van der Waals surface area contributed by atoms with Crippen LogP contribution in [-0.4, -0.2) is 19.5 Å². The Labute approximate surface area is 137 Å². The Balaban J connectivity index is 1.74. The molecule has 118 valence electrons. The number of nitrogens with zero attached hydrogens (tertiary/aromatic N) is 5. The molecule has 0 saturated heterocycles. The molecule has 3 rings (SSSR count). The van der Waals surface area contributed by atoms with Gasteiger partial charge in [-0.1, -0.05) is 12.1 Å². The number of rotatable bonds is 5. The maximum atomic E-state index is 10.8. The molecular formula is C16H12N6O2. The predicted molar refractivity (Wildman–Crippen MR) is 86.7 cm³/mol. The van der Waals surface area contributed by atoms with Crippen LogP contribution in [0.1, 0.15) is 11.3 Å². The van der Waals surface area contributed by atoms with Crippen LogP contribution in [0, 0.1) is 21.4 Å². The van der Waals surface area contributed by atoms with Crippen LogP contribution in [0.5, 0.6) is 0 Å². The SMILES string of the molecule is N#Cc1nc(Nc2ccc(Cn3ccnc3)cc2)ccc1[N+](=O)[O-]. The van der Waals surface area contributed by atoms with Gasteiger partial charge in [0.05, 0.1) is 11.3 Å². The number of imidazole rings is 1. The second-order valence-corrected chi connectivity index (χ2v) is 4.99. The lowest BCUT2D eigenvalue weighted by Gasteiger charge is -2.08. The van der Waals surface area contributed by atoms with Gasteiger partial charge in [0.2, 0.25) is 5.69 Å². The number of pyridine rings is 1. The second kappa shape index (κ2) is 6.58. The molecule has 0 saturated carbocycles. The summed E-state index contributed by atoms with van der Waals surface area (Å²) < 4.78 is 1.96. The van der Waals surface area contributed by atoms with E-state index in [1.54, 1.807) is 18.6 Å². The monoisotopic (exact) mass is 320 g/mol. The minimum atomic E-state index is -0.625. The molecular weight excluding hydrogens is 308 g/mol. The van der Waals surface area contributed by atoms with E-state index in [0.29, 0.717) is 12.4 Å². The summed E-state index contributed by atoms with van der Waals surface area (Å²) in [4.78, 5) is 18.1. The summed E-state index contributed by atoms with van der Waals surface area (Å²) in [6.45, 7) is 0.717. The molecule has 0 atom stereocenters. The third-order valence-electron chi connectivity index (χ3n) is 3.33. The number of hydrogen-bond acceptors (Lipinski definition) is 6. The van der Waals surface area contributed by atoms with Gasteiger partial charge in [0.25, 0.3) is 0 Å². The van der Waals surface area contributed by atoms with Crippen LogP contribution >= 0.6 is 0 Å². The average molecular weight is 320 g/mol. The van der Waals surface area contributed by atoms with Crippen molar-refractivity contribution in [2.45, 2.75) is 6.54 Å². The normalized spacial score (nSPS) is 10.1. The number of anilines is 2. The minimum Gasteiger partial charge on any atom is -0.340 e. The van der Waals surface area contributed by atoms with Crippen molar-refractivity contribution in [1.82, 2.24) is 14.5 Å². The van der Waals surface area contributed by atoms with Crippen molar-refractivity contribution >= 4 is 17.2 Å². The van der Waals surface area contributed by atoms with Gasteiger partial charge >= 0.3 is 5.69 Å². The molecule has 0 aliphatic heterocycles. The predicted octanol–water partition coefficient (Wildman–Crippen LogP) is 2.85. The van der Waals surface area contributed by atoms with Crippen LogP contribution in [0.2, 0.25) is 0 Å². The van der Waals surface area contributed by atoms with E-state index in [9.17, 15) is 10.1 Å². The Bertz CT molecular complexity index is 897. The van der Waals surface area contributed by atoms with E-state index in [4.69, 9.17) is 5.26 Å². The highest BCUT2D eigenvalue weighted by molar-refractivity contribution is 5.59. The highest BCUT2D eigenvalue weighted by Crippen LogP contribution is 2.21. The van der Waals surface area contributed by atoms with Gasteiger partial charge in [0, 0.05) is 30.7 Å². The van der Waals surface area contributed by atoms with Gasteiger partial charge in [-0.05, 0) is 23.8 Å². The Morgan fingerprint density at radius 1 is 1.25 bits per heavy atom. The zero-order chi connectivity index (χ0) is 16.9. The molecule has 0 bridgehead atoms. The Morgan fingerprint density at radius 3 is 2.67 bits per heavy atom. The van der Waals surface area contributed by atoms with Crippen molar-refractivity contribution in [3.05, 3.63) is 76.5 Å². The lowest BCUT2D eigenvalue weighted by atomic mass is 10.2. The first kappa shape index (κ1) is 15.2. The standard InChI is InChI=1S/C16H12N6O2/c17-9-14-15(22(23)24)5-6-16(20-14)19-13-3-1-12(2-4-13)10-21-8-7-18-11-21/h1-8,11H,10H2,(H,19,20). The van der Waals surface area contributed by atoms with E-state index in [-0.39, 0.29) is 11.4 Å². The molecule has 1 aromatic carbocycles. The van der Waals surface area contributed by atoms with Gasteiger partial charge in [-0.25, -0.2) is 9.97 Å². The zero-order valence-corrected chi connectivity index (χ0v) is 12.5. The molecule has 8 heteroatoms. The molecule has 0 unspecified atom stereocenters. The van der Waals surface area contributed by atoms with Gasteiger partial charge in [-0.2, -0.15) is 5.26 Å². The molecule has 0 amide bonds. The van der Waals surface area contributed by atoms with Crippen molar-refractivity contribution in [3.8, 4) is 6.07 Å².